The number of benzene rings is 2. The van der Waals surface area contributed by atoms with Crippen molar-refractivity contribution < 1.29 is 19.0 Å². The van der Waals surface area contributed by atoms with E-state index in [0.717, 1.165) is 16.9 Å². The molecule has 2 N–H and O–H groups in total. The van der Waals surface area contributed by atoms with Crippen molar-refractivity contribution in [2.75, 3.05) is 12.1 Å². The van der Waals surface area contributed by atoms with E-state index in [0.29, 0.717) is 28.6 Å². The molecule has 0 fully saturated rings. The molecule has 0 aliphatic carbocycles. The zero-order valence-corrected chi connectivity index (χ0v) is 17.6. The van der Waals surface area contributed by atoms with E-state index in [1.807, 2.05) is 44.2 Å². The van der Waals surface area contributed by atoms with Gasteiger partial charge in [-0.05, 0) is 49.7 Å². The van der Waals surface area contributed by atoms with Gasteiger partial charge in [0.2, 0.25) is 6.79 Å². The number of rotatable bonds is 6. The fraction of sp³-hybridized carbons (Fsp3) is 0.174. The van der Waals surface area contributed by atoms with E-state index in [9.17, 15) is 4.79 Å². The summed E-state index contributed by atoms with van der Waals surface area (Å²) >= 11 is 0. The summed E-state index contributed by atoms with van der Waals surface area (Å²) in [6.45, 7) is 4.48. The maximum Gasteiger partial charge on any atom is 0.273 e. The second kappa shape index (κ2) is 8.10. The Morgan fingerprint density at radius 1 is 1.16 bits per heavy atom. The number of H-pyrrole nitrogens is 1. The van der Waals surface area contributed by atoms with Crippen LogP contribution in [0.5, 0.6) is 17.2 Å². The Morgan fingerprint density at radius 2 is 2.03 bits per heavy atom. The Kier molecular flexibility index (Phi) is 4.98. The number of nitrogens with zero attached hydrogens (tertiary/aromatic N) is 3. The lowest BCUT2D eigenvalue weighted by Crippen LogP contribution is -2.12. The lowest BCUT2D eigenvalue weighted by molar-refractivity contribution is 0.102. The summed E-state index contributed by atoms with van der Waals surface area (Å²) in [5.41, 5.74) is 4.57. The molecule has 1 aliphatic heterocycles. The van der Waals surface area contributed by atoms with Crippen LogP contribution >= 0.6 is 0 Å². The maximum atomic E-state index is 12.6. The molecular weight excluding hydrogens is 410 g/mol. The molecule has 0 radical (unpaired) electrons. The molecule has 1 aliphatic rings. The molecule has 0 saturated heterocycles. The number of amides is 1. The zero-order valence-electron chi connectivity index (χ0n) is 17.6. The first-order valence-electron chi connectivity index (χ1n) is 10.0. The predicted molar refractivity (Wildman–Crippen MR) is 117 cm³/mol. The summed E-state index contributed by atoms with van der Waals surface area (Å²) in [6.07, 6.45) is 3.27. The van der Waals surface area contributed by atoms with Gasteiger partial charge in [0.15, 0.2) is 18.2 Å². The van der Waals surface area contributed by atoms with Crippen LogP contribution in [0.4, 0.5) is 5.69 Å². The number of aryl methyl sites for hydroxylation is 2. The number of aromatic nitrogens is 4. The van der Waals surface area contributed by atoms with Crippen molar-refractivity contribution in [3.63, 3.8) is 0 Å². The van der Waals surface area contributed by atoms with Crippen LogP contribution in [-0.4, -0.2) is 32.7 Å². The standard InChI is InChI=1S/C23H21N5O4/c1-14-3-5-20(15(2)7-14)30-12-28-11-17(10-24-28)25-23(29)19-9-18(26-27-19)16-4-6-21-22(8-16)32-13-31-21/h3-11H,12-13H2,1-2H3,(H,25,29)(H,26,27). The summed E-state index contributed by atoms with van der Waals surface area (Å²) in [6, 6.07) is 13.2. The van der Waals surface area contributed by atoms with Gasteiger partial charge in [-0.3, -0.25) is 9.89 Å². The lowest BCUT2D eigenvalue weighted by atomic mass is 10.1. The van der Waals surface area contributed by atoms with Crippen LogP contribution in [0.3, 0.4) is 0 Å². The highest BCUT2D eigenvalue weighted by Crippen LogP contribution is 2.35. The van der Waals surface area contributed by atoms with Crippen LogP contribution in [0.2, 0.25) is 0 Å². The summed E-state index contributed by atoms with van der Waals surface area (Å²) in [5, 5.41) is 14.0. The quantitative estimate of drug-likeness (QED) is 0.480. The molecule has 0 bridgehead atoms. The molecule has 4 aromatic rings. The van der Waals surface area contributed by atoms with Crippen LogP contribution in [0.25, 0.3) is 11.3 Å². The van der Waals surface area contributed by atoms with E-state index in [1.54, 1.807) is 23.1 Å². The number of aromatic amines is 1. The van der Waals surface area contributed by atoms with Crippen LogP contribution < -0.4 is 19.5 Å². The fourth-order valence-electron chi connectivity index (χ4n) is 3.44. The number of carbonyl (C=O) groups excluding carboxylic acids is 1. The van der Waals surface area contributed by atoms with Gasteiger partial charge in [-0.15, -0.1) is 0 Å². The van der Waals surface area contributed by atoms with E-state index in [-0.39, 0.29) is 19.4 Å². The second-order valence-corrected chi connectivity index (χ2v) is 7.50. The number of anilines is 1. The molecule has 0 saturated carbocycles. The van der Waals surface area contributed by atoms with Gasteiger partial charge in [0.1, 0.15) is 11.4 Å². The first-order valence-corrected chi connectivity index (χ1v) is 10.0. The number of ether oxygens (including phenoxy) is 3. The van der Waals surface area contributed by atoms with Gasteiger partial charge >= 0.3 is 0 Å². The Bertz CT molecular complexity index is 1290. The topological polar surface area (TPSA) is 103 Å². The average molecular weight is 431 g/mol. The molecule has 2 aromatic carbocycles. The smallest absolute Gasteiger partial charge is 0.273 e. The third kappa shape index (κ3) is 4.00. The Morgan fingerprint density at radius 3 is 2.91 bits per heavy atom. The van der Waals surface area contributed by atoms with Gasteiger partial charge in [0.05, 0.1) is 23.8 Å². The monoisotopic (exact) mass is 431 g/mol. The molecule has 1 amide bonds. The molecule has 2 aromatic heterocycles. The van der Waals surface area contributed by atoms with Crippen molar-refractivity contribution in [3.8, 4) is 28.5 Å². The SMILES string of the molecule is Cc1ccc(OCn2cc(NC(=O)c3cc(-c4ccc5c(c4)OCO5)n[nH]3)cn2)c(C)c1. The van der Waals surface area contributed by atoms with Crippen LogP contribution in [0, 0.1) is 13.8 Å². The average Bonchev–Trinajstić information content (AvgIpc) is 3.53. The zero-order chi connectivity index (χ0) is 22.1. The van der Waals surface area contributed by atoms with Crippen molar-refractivity contribution in [2.24, 2.45) is 0 Å². The fourth-order valence-corrected chi connectivity index (χ4v) is 3.44. The van der Waals surface area contributed by atoms with Crippen molar-refractivity contribution >= 4 is 11.6 Å². The highest BCUT2D eigenvalue weighted by Gasteiger charge is 2.17. The molecule has 0 spiro atoms. The van der Waals surface area contributed by atoms with Crippen molar-refractivity contribution in [3.05, 3.63) is 71.7 Å². The molecule has 32 heavy (non-hydrogen) atoms. The third-order valence-corrected chi connectivity index (χ3v) is 5.06. The molecule has 5 rings (SSSR count). The first-order chi connectivity index (χ1) is 15.5. The largest absolute Gasteiger partial charge is 0.471 e. The minimum Gasteiger partial charge on any atom is -0.471 e. The summed E-state index contributed by atoms with van der Waals surface area (Å²) in [7, 11) is 0. The Hall–Kier alpha value is -4.27. The molecule has 162 valence electrons. The van der Waals surface area contributed by atoms with E-state index in [2.05, 4.69) is 26.7 Å². The van der Waals surface area contributed by atoms with E-state index < -0.39 is 0 Å². The molecule has 3 heterocycles. The molecule has 9 nitrogen and oxygen atoms in total. The number of nitrogens with one attached hydrogen (secondary N) is 2. The molecule has 9 heteroatoms. The van der Waals surface area contributed by atoms with E-state index >= 15 is 0 Å². The number of fused-ring (bicyclic) bond motifs is 1. The van der Waals surface area contributed by atoms with Crippen LogP contribution in [-0.2, 0) is 6.73 Å². The van der Waals surface area contributed by atoms with Crippen molar-refractivity contribution in [2.45, 2.75) is 20.6 Å². The third-order valence-electron chi connectivity index (χ3n) is 5.06. The van der Waals surface area contributed by atoms with Gasteiger partial charge in [-0.1, -0.05) is 17.7 Å². The Labute approximate surface area is 183 Å². The van der Waals surface area contributed by atoms with Gasteiger partial charge in [-0.2, -0.15) is 10.2 Å². The first kappa shape index (κ1) is 19.7. The summed E-state index contributed by atoms with van der Waals surface area (Å²) in [4.78, 5) is 12.6. The Balaban J connectivity index is 1.22. The molecule has 0 unspecified atom stereocenters. The predicted octanol–water partition coefficient (Wildman–Crippen LogP) is 3.91. The van der Waals surface area contributed by atoms with Crippen molar-refractivity contribution in [1.82, 2.24) is 20.0 Å². The number of carbonyl (C=O) groups is 1. The maximum absolute atomic E-state index is 12.6. The van der Waals surface area contributed by atoms with Crippen LogP contribution in [0.1, 0.15) is 21.6 Å². The summed E-state index contributed by atoms with van der Waals surface area (Å²) in [5.74, 6) is 1.83. The minimum atomic E-state index is -0.320. The van der Waals surface area contributed by atoms with E-state index in [4.69, 9.17) is 14.2 Å². The van der Waals surface area contributed by atoms with E-state index in [1.165, 1.54) is 5.56 Å². The van der Waals surface area contributed by atoms with Gasteiger partial charge in [0, 0.05) is 5.56 Å². The van der Waals surface area contributed by atoms with Gasteiger partial charge in [-0.25, -0.2) is 4.68 Å². The second-order valence-electron chi connectivity index (χ2n) is 7.50. The highest BCUT2D eigenvalue weighted by atomic mass is 16.7. The summed E-state index contributed by atoms with van der Waals surface area (Å²) < 4.78 is 18.1. The highest BCUT2D eigenvalue weighted by molar-refractivity contribution is 6.03. The minimum absolute atomic E-state index is 0.205. The van der Waals surface area contributed by atoms with Gasteiger partial charge in [0.25, 0.3) is 5.91 Å². The normalized spacial score (nSPS) is 12.1. The lowest BCUT2D eigenvalue weighted by Gasteiger charge is -2.09. The molecule has 0 atom stereocenters. The van der Waals surface area contributed by atoms with Gasteiger partial charge < -0.3 is 19.5 Å². The van der Waals surface area contributed by atoms with Crippen molar-refractivity contribution in [1.29, 1.82) is 0 Å². The molecular formula is C23H21N5O4. The number of hydrogen-bond donors (Lipinski definition) is 2. The van der Waals surface area contributed by atoms with Crippen LogP contribution in [0.15, 0.2) is 54.9 Å². The number of hydrogen-bond acceptors (Lipinski definition) is 6.